The van der Waals surface area contributed by atoms with Gasteiger partial charge in [0.1, 0.15) is 0 Å². The van der Waals surface area contributed by atoms with Gasteiger partial charge in [0.15, 0.2) is 0 Å². The third kappa shape index (κ3) is 8.18. The van der Waals surface area contributed by atoms with Crippen molar-refractivity contribution in [1.29, 1.82) is 0 Å². The first-order valence-electron chi connectivity index (χ1n) is 19.0. The molecule has 0 N–H and O–H groups in total. The van der Waals surface area contributed by atoms with Crippen LogP contribution in [0.25, 0.3) is 33.4 Å². The van der Waals surface area contributed by atoms with Crippen LogP contribution in [0.4, 0.5) is 0 Å². The molecule has 0 heterocycles. The average molecular weight is 979 g/mol. The van der Waals surface area contributed by atoms with Gasteiger partial charge in [-0.25, -0.2) is 0 Å². The number of halogens is 4. The second-order valence-corrected chi connectivity index (χ2v) is 26.8. The molecule has 282 valence electrons. The van der Waals surface area contributed by atoms with Gasteiger partial charge in [0.2, 0.25) is 0 Å². The van der Waals surface area contributed by atoms with E-state index in [1.165, 1.54) is 70.0 Å². The second-order valence-electron chi connectivity index (χ2n) is 16.8. The molecule has 0 saturated carbocycles. The third-order valence-corrected chi connectivity index (χ3v) is 23.6. The van der Waals surface area contributed by atoms with Crippen LogP contribution in [-0.4, -0.2) is 3.26 Å². The van der Waals surface area contributed by atoms with Gasteiger partial charge in [0.25, 0.3) is 0 Å². The summed E-state index contributed by atoms with van der Waals surface area (Å²) in [6, 6.07) is 49.4. The zero-order valence-corrected chi connectivity index (χ0v) is 39.3. The molecule has 0 saturated heterocycles. The minimum absolute atomic E-state index is 0. The van der Waals surface area contributed by atoms with E-state index in [0.29, 0.717) is 0 Å². The quantitative estimate of drug-likeness (QED) is 0.147. The van der Waals surface area contributed by atoms with Gasteiger partial charge in [-0.2, -0.15) is 0 Å². The molecule has 2 aliphatic carbocycles. The Morgan fingerprint density at radius 2 is 0.982 bits per heavy atom. The molecule has 0 nitrogen and oxygen atoms in total. The topological polar surface area (TPSA) is 0 Å². The van der Waals surface area contributed by atoms with Crippen molar-refractivity contribution in [2.75, 3.05) is 0 Å². The van der Waals surface area contributed by atoms with Gasteiger partial charge in [-0.1, -0.05) is 0 Å². The summed E-state index contributed by atoms with van der Waals surface area (Å²) in [5.74, 6) is 0. The number of benzene rings is 6. The van der Waals surface area contributed by atoms with Crippen LogP contribution in [0, 0.1) is 0 Å². The number of hydrogen-bond acceptors (Lipinski definition) is 0. The van der Waals surface area contributed by atoms with Crippen molar-refractivity contribution in [1.82, 2.24) is 0 Å². The molecule has 0 aliphatic heterocycles. The average Bonchev–Trinajstić information content (AvgIpc) is 3.79. The first-order chi connectivity index (χ1) is 25.9. The summed E-state index contributed by atoms with van der Waals surface area (Å²) in [6.07, 6.45) is 8.05. The summed E-state index contributed by atoms with van der Waals surface area (Å²) in [5.41, 5.74) is 15.9. The minimum atomic E-state index is -3.32. The molecule has 8 rings (SSSR count). The standard InChI is InChI=1S/C33H33.C13H8Cl2.C5H5.2ClH.Hf/c1-32(2,3)30-20-26-24(18-28(30)22-13-9-7-10-14-22)17-25-19-29(23-15-11-8-12-16-23)31(21-27(25)26)33(4,5)6;14-12-5-1-3-10(8-12)7-11-4-2-6-13(15)9-11;1-2-4-5-3-1;;;/h7-21H,1-6H3;1-6,8-9H;1-3H,4H2;2*1H;/q;;;;;+2/p-2. The third-order valence-electron chi connectivity index (χ3n) is 11.0. The van der Waals surface area contributed by atoms with E-state index in [2.05, 4.69) is 181 Å². The van der Waals surface area contributed by atoms with E-state index in [9.17, 15) is 0 Å². The van der Waals surface area contributed by atoms with E-state index in [0.717, 1.165) is 16.5 Å². The molecule has 56 heavy (non-hydrogen) atoms. The maximum atomic E-state index is 6.85. The molecule has 0 bridgehead atoms. The summed E-state index contributed by atoms with van der Waals surface area (Å²) in [4.78, 5) is 0. The molecule has 6 aromatic carbocycles. The predicted molar refractivity (Wildman–Crippen MR) is 230 cm³/mol. The van der Waals surface area contributed by atoms with E-state index >= 15 is 0 Å². The molecule has 0 unspecified atom stereocenters. The van der Waals surface area contributed by atoms with Crippen LogP contribution in [0.1, 0.15) is 85.0 Å². The fourth-order valence-electron chi connectivity index (χ4n) is 8.51. The molecule has 0 fully saturated rings. The molecular formula is C51H46Cl4Hf. The van der Waals surface area contributed by atoms with Crippen molar-refractivity contribution in [3.8, 4) is 33.4 Å². The van der Waals surface area contributed by atoms with Crippen LogP contribution in [0.3, 0.4) is 0 Å². The van der Waals surface area contributed by atoms with Crippen LogP contribution in [0.5, 0.6) is 0 Å². The Morgan fingerprint density at radius 1 is 0.536 bits per heavy atom. The van der Waals surface area contributed by atoms with Crippen molar-refractivity contribution in [3.63, 3.8) is 0 Å². The van der Waals surface area contributed by atoms with Crippen molar-refractivity contribution < 1.29 is 45.8 Å². The zero-order valence-electron chi connectivity index (χ0n) is 32.7. The van der Waals surface area contributed by atoms with E-state index in [1.807, 2.05) is 12.1 Å². The molecule has 5 heteroatoms. The Hall–Kier alpha value is -3.30. The Bertz CT molecular complexity index is 2340. The van der Waals surface area contributed by atoms with E-state index in [4.69, 9.17) is 23.2 Å². The van der Waals surface area contributed by atoms with E-state index in [-0.39, 0.29) is 39.3 Å². The largest absolute Gasteiger partial charge is 1.00 e. The smallest absolute Gasteiger partial charge is 1.00 e. The van der Waals surface area contributed by atoms with Crippen LogP contribution < -0.4 is 24.8 Å². The normalized spacial score (nSPS) is 13.2. The molecule has 0 aromatic heterocycles. The number of allylic oxidation sites excluding steroid dienone is 4. The van der Waals surface area contributed by atoms with Crippen LogP contribution >= 0.6 is 23.2 Å². The monoisotopic (exact) mass is 978 g/mol. The Labute approximate surface area is 363 Å². The van der Waals surface area contributed by atoms with Gasteiger partial charge in [0, 0.05) is 0 Å². The van der Waals surface area contributed by atoms with E-state index in [1.54, 1.807) is 3.33 Å². The van der Waals surface area contributed by atoms with Crippen molar-refractivity contribution >= 4 is 26.5 Å². The predicted octanol–water partition coefficient (Wildman–Crippen LogP) is 8.73. The molecule has 0 atom stereocenters. The fraction of sp³-hybridized carbons (Fsp3) is 0.196. The molecule has 0 amide bonds. The molecule has 6 aromatic rings. The summed E-state index contributed by atoms with van der Waals surface area (Å²) in [7, 11) is 0. The van der Waals surface area contributed by atoms with Crippen molar-refractivity contribution in [2.45, 2.75) is 62.5 Å². The maximum Gasteiger partial charge on any atom is -1.00 e. The van der Waals surface area contributed by atoms with Crippen LogP contribution in [0.2, 0.25) is 10.0 Å². The summed E-state index contributed by atoms with van der Waals surface area (Å²) in [5, 5.41) is 1.51. The number of hydrogen-bond donors (Lipinski definition) is 0. The van der Waals surface area contributed by atoms with Crippen molar-refractivity contribution in [2.24, 2.45) is 0 Å². The van der Waals surface area contributed by atoms with Gasteiger partial charge in [-0.05, 0) is 0 Å². The minimum Gasteiger partial charge on any atom is -1.00 e. The summed E-state index contributed by atoms with van der Waals surface area (Å²) in [6.45, 7) is 14.1. The first-order valence-corrected chi connectivity index (χ1v) is 25.4. The van der Waals surface area contributed by atoms with Gasteiger partial charge in [-0.15, -0.1) is 0 Å². The fourth-order valence-corrected chi connectivity index (χ4v) is 21.9. The number of rotatable bonds is 6. The van der Waals surface area contributed by atoms with E-state index < -0.39 is 21.0 Å². The molecule has 0 spiro atoms. The molecule has 0 radical (unpaired) electrons. The van der Waals surface area contributed by atoms with Gasteiger partial charge in [0.05, 0.1) is 0 Å². The Morgan fingerprint density at radius 3 is 1.36 bits per heavy atom. The summed E-state index contributed by atoms with van der Waals surface area (Å²) < 4.78 is 3.28. The van der Waals surface area contributed by atoms with Gasteiger partial charge in [-0.3, -0.25) is 0 Å². The van der Waals surface area contributed by atoms with Crippen molar-refractivity contribution in [3.05, 3.63) is 198 Å². The summed E-state index contributed by atoms with van der Waals surface area (Å²) >= 11 is 10.4. The molecular weight excluding hydrogens is 933 g/mol. The maximum absolute atomic E-state index is 6.85. The first kappa shape index (κ1) is 42.3. The zero-order chi connectivity index (χ0) is 37.8. The van der Waals surface area contributed by atoms with Crippen LogP contribution in [-0.2, 0) is 31.8 Å². The number of fused-ring (bicyclic) bond motifs is 3. The Balaban J connectivity index is 0.00000266. The van der Waals surface area contributed by atoms with Gasteiger partial charge >= 0.3 is 342 Å². The van der Waals surface area contributed by atoms with Crippen LogP contribution in [0.15, 0.2) is 155 Å². The van der Waals surface area contributed by atoms with Gasteiger partial charge < -0.3 is 24.8 Å². The molecule has 2 aliphatic rings. The SMILES string of the molecule is CC(C)(C)c1cc2c(cc1-c1ccccc1)[CH]([Hf+2]([C]1=CC=CC1)=[C](c1cccc(Cl)c1)c1cccc(Cl)c1)c1cc(-c3ccccc3)c(C(C)(C)C)cc1-2.[Cl-].[Cl-]. The second kappa shape index (κ2) is 16.9. The Kier molecular flexibility index (Phi) is 12.8.